The monoisotopic (exact) mass is 363 g/mol. The molecule has 0 unspecified atom stereocenters. The number of carbonyl (C=O) groups is 2. The molecular formula is C16H14ClN3O5. The number of nitrogens with zero attached hydrogens (tertiary/aromatic N) is 1. The number of hydrogen-bond donors (Lipinski definition) is 2. The Labute approximate surface area is 147 Å². The van der Waals surface area contributed by atoms with Crippen molar-refractivity contribution in [2.75, 3.05) is 11.1 Å². The van der Waals surface area contributed by atoms with Gasteiger partial charge in [0.15, 0.2) is 6.10 Å². The Hall–Kier alpha value is -3.13. The summed E-state index contributed by atoms with van der Waals surface area (Å²) in [5, 5.41) is 13.8. The first-order valence-electron chi connectivity index (χ1n) is 7.09. The van der Waals surface area contributed by atoms with Gasteiger partial charge in [-0.25, -0.2) is 4.79 Å². The van der Waals surface area contributed by atoms with Gasteiger partial charge in [0, 0.05) is 22.8 Å². The maximum atomic E-state index is 12.1. The Kier molecular flexibility index (Phi) is 5.56. The van der Waals surface area contributed by atoms with Gasteiger partial charge in [-0.2, -0.15) is 0 Å². The maximum Gasteiger partial charge on any atom is 0.341 e. The van der Waals surface area contributed by atoms with Crippen LogP contribution in [0, 0.1) is 10.1 Å². The number of carbonyl (C=O) groups excluding carboxylic acids is 2. The number of nitrogen functional groups attached to an aromatic ring is 1. The molecule has 0 heterocycles. The van der Waals surface area contributed by atoms with Gasteiger partial charge in [-0.1, -0.05) is 11.6 Å². The third kappa shape index (κ3) is 4.67. The van der Waals surface area contributed by atoms with Gasteiger partial charge in [-0.15, -0.1) is 0 Å². The number of ether oxygens (including phenoxy) is 1. The van der Waals surface area contributed by atoms with Crippen LogP contribution in [0.5, 0.6) is 0 Å². The Balaban J connectivity index is 2.02. The van der Waals surface area contributed by atoms with Gasteiger partial charge in [-0.3, -0.25) is 14.9 Å². The molecule has 3 N–H and O–H groups in total. The first-order chi connectivity index (χ1) is 11.8. The molecular weight excluding hydrogens is 350 g/mol. The van der Waals surface area contributed by atoms with Crippen LogP contribution in [-0.2, 0) is 9.53 Å². The summed E-state index contributed by atoms with van der Waals surface area (Å²) in [5.74, 6) is -1.40. The molecule has 0 aliphatic rings. The first-order valence-corrected chi connectivity index (χ1v) is 7.47. The number of rotatable bonds is 5. The zero-order valence-electron chi connectivity index (χ0n) is 13.1. The van der Waals surface area contributed by atoms with Gasteiger partial charge in [0.05, 0.1) is 16.2 Å². The molecule has 2 rings (SSSR count). The van der Waals surface area contributed by atoms with Crippen molar-refractivity contribution in [1.82, 2.24) is 0 Å². The molecule has 130 valence electrons. The minimum Gasteiger partial charge on any atom is -0.449 e. The SMILES string of the molecule is C[C@H](OC(=O)c1ccc([N+](=O)[O-])cc1N)C(=O)Nc1ccc(Cl)cc1. The molecule has 0 saturated carbocycles. The Morgan fingerprint density at radius 3 is 2.44 bits per heavy atom. The topological polar surface area (TPSA) is 125 Å². The van der Waals surface area contributed by atoms with E-state index in [0.29, 0.717) is 10.7 Å². The molecule has 1 amide bonds. The lowest BCUT2D eigenvalue weighted by atomic mass is 10.1. The highest BCUT2D eigenvalue weighted by atomic mass is 35.5. The Morgan fingerprint density at radius 1 is 1.24 bits per heavy atom. The lowest BCUT2D eigenvalue weighted by molar-refractivity contribution is -0.384. The average molecular weight is 364 g/mol. The first kappa shape index (κ1) is 18.2. The van der Waals surface area contributed by atoms with Crippen molar-refractivity contribution in [1.29, 1.82) is 0 Å². The molecule has 2 aromatic rings. The van der Waals surface area contributed by atoms with Crippen molar-refractivity contribution >= 4 is 40.5 Å². The number of halogens is 1. The third-order valence-electron chi connectivity index (χ3n) is 3.23. The van der Waals surface area contributed by atoms with Gasteiger partial charge < -0.3 is 15.8 Å². The van der Waals surface area contributed by atoms with Crippen molar-refractivity contribution in [2.24, 2.45) is 0 Å². The van der Waals surface area contributed by atoms with E-state index in [1.54, 1.807) is 24.3 Å². The van der Waals surface area contributed by atoms with E-state index in [9.17, 15) is 19.7 Å². The summed E-state index contributed by atoms with van der Waals surface area (Å²) >= 11 is 5.76. The van der Waals surface area contributed by atoms with Crippen LogP contribution >= 0.6 is 11.6 Å². The van der Waals surface area contributed by atoms with Crippen molar-refractivity contribution in [3.8, 4) is 0 Å². The molecule has 0 spiro atoms. The van der Waals surface area contributed by atoms with Crippen LogP contribution < -0.4 is 11.1 Å². The average Bonchev–Trinajstić information content (AvgIpc) is 2.56. The Morgan fingerprint density at radius 2 is 1.88 bits per heavy atom. The van der Waals surface area contributed by atoms with Crippen molar-refractivity contribution in [2.45, 2.75) is 13.0 Å². The molecule has 0 aliphatic carbocycles. The lowest BCUT2D eigenvalue weighted by Gasteiger charge is -2.14. The molecule has 0 aromatic heterocycles. The molecule has 0 radical (unpaired) electrons. The third-order valence-corrected chi connectivity index (χ3v) is 3.48. The summed E-state index contributed by atoms with van der Waals surface area (Å²) in [6.45, 7) is 1.39. The highest BCUT2D eigenvalue weighted by Crippen LogP contribution is 2.21. The maximum absolute atomic E-state index is 12.1. The standard InChI is InChI=1S/C16H14ClN3O5/c1-9(15(21)19-11-4-2-10(17)3-5-11)25-16(22)13-7-6-12(20(23)24)8-14(13)18/h2-9H,18H2,1H3,(H,19,21)/t9-/m0/s1. The predicted molar refractivity (Wildman–Crippen MR) is 92.5 cm³/mol. The summed E-state index contributed by atoms with van der Waals surface area (Å²) in [4.78, 5) is 34.2. The molecule has 25 heavy (non-hydrogen) atoms. The number of hydrogen-bond acceptors (Lipinski definition) is 6. The molecule has 0 saturated heterocycles. The number of esters is 1. The van der Waals surface area contributed by atoms with Crippen molar-refractivity contribution in [3.05, 3.63) is 63.2 Å². The van der Waals surface area contributed by atoms with E-state index in [2.05, 4.69) is 5.32 Å². The summed E-state index contributed by atoms with van der Waals surface area (Å²) in [6, 6.07) is 9.77. The molecule has 1 atom stereocenters. The van der Waals surface area contributed by atoms with Gasteiger partial charge in [0.2, 0.25) is 0 Å². The smallest absolute Gasteiger partial charge is 0.341 e. The number of benzene rings is 2. The molecule has 2 aromatic carbocycles. The fraction of sp³-hybridized carbons (Fsp3) is 0.125. The zero-order valence-corrected chi connectivity index (χ0v) is 13.8. The highest BCUT2D eigenvalue weighted by molar-refractivity contribution is 6.30. The molecule has 0 bridgehead atoms. The summed E-state index contributed by atoms with van der Waals surface area (Å²) in [7, 11) is 0. The minimum atomic E-state index is -1.10. The van der Waals surface area contributed by atoms with Crippen LogP contribution in [0.25, 0.3) is 0 Å². The van der Waals surface area contributed by atoms with Crippen LogP contribution in [0.15, 0.2) is 42.5 Å². The van der Waals surface area contributed by atoms with E-state index in [4.69, 9.17) is 22.1 Å². The normalized spacial score (nSPS) is 11.4. The number of nitro groups is 1. The number of non-ortho nitro benzene ring substituents is 1. The molecule has 9 heteroatoms. The summed E-state index contributed by atoms with van der Waals surface area (Å²) < 4.78 is 5.05. The zero-order chi connectivity index (χ0) is 18.6. The fourth-order valence-corrected chi connectivity index (χ4v) is 2.03. The number of nitrogens with two attached hydrogens (primary N) is 1. The van der Waals surface area contributed by atoms with E-state index in [-0.39, 0.29) is 16.9 Å². The van der Waals surface area contributed by atoms with E-state index < -0.39 is 22.9 Å². The van der Waals surface area contributed by atoms with E-state index >= 15 is 0 Å². The summed E-state index contributed by atoms with van der Waals surface area (Å²) in [5.41, 5.74) is 5.71. The van der Waals surface area contributed by atoms with E-state index in [1.165, 1.54) is 13.0 Å². The van der Waals surface area contributed by atoms with Gasteiger partial charge >= 0.3 is 5.97 Å². The summed E-state index contributed by atoms with van der Waals surface area (Å²) in [6.07, 6.45) is -1.10. The quantitative estimate of drug-likeness (QED) is 0.364. The molecule has 0 fully saturated rings. The van der Waals surface area contributed by atoms with Crippen LogP contribution in [0.3, 0.4) is 0 Å². The second kappa shape index (κ2) is 7.63. The minimum absolute atomic E-state index is 0.0586. The van der Waals surface area contributed by atoms with Crippen LogP contribution in [-0.4, -0.2) is 22.9 Å². The largest absolute Gasteiger partial charge is 0.449 e. The van der Waals surface area contributed by atoms with Crippen molar-refractivity contribution < 1.29 is 19.2 Å². The second-order valence-electron chi connectivity index (χ2n) is 5.07. The van der Waals surface area contributed by atoms with E-state index in [1.807, 2.05) is 0 Å². The van der Waals surface area contributed by atoms with Gasteiger partial charge in [0.1, 0.15) is 0 Å². The number of amides is 1. The van der Waals surface area contributed by atoms with Crippen LogP contribution in [0.4, 0.5) is 17.1 Å². The van der Waals surface area contributed by atoms with Crippen LogP contribution in [0.1, 0.15) is 17.3 Å². The lowest BCUT2D eigenvalue weighted by Crippen LogP contribution is -2.30. The molecule has 0 aliphatic heterocycles. The molecule has 8 nitrogen and oxygen atoms in total. The van der Waals surface area contributed by atoms with Crippen molar-refractivity contribution in [3.63, 3.8) is 0 Å². The second-order valence-corrected chi connectivity index (χ2v) is 5.51. The van der Waals surface area contributed by atoms with Gasteiger partial charge in [0.25, 0.3) is 11.6 Å². The number of nitrogens with one attached hydrogen (secondary N) is 1. The van der Waals surface area contributed by atoms with Gasteiger partial charge in [-0.05, 0) is 37.3 Å². The Bertz CT molecular complexity index is 823. The number of anilines is 2. The fourth-order valence-electron chi connectivity index (χ4n) is 1.90. The number of nitro benzene ring substituents is 1. The van der Waals surface area contributed by atoms with E-state index in [0.717, 1.165) is 12.1 Å². The van der Waals surface area contributed by atoms with Crippen LogP contribution in [0.2, 0.25) is 5.02 Å². The highest BCUT2D eigenvalue weighted by Gasteiger charge is 2.21. The predicted octanol–water partition coefficient (Wildman–Crippen LogP) is 3.01.